The van der Waals surface area contributed by atoms with Crippen LogP contribution < -0.4 is 11.1 Å². The molecule has 6 nitrogen and oxygen atoms in total. The highest BCUT2D eigenvalue weighted by atomic mass is 19.1. The van der Waals surface area contributed by atoms with Crippen LogP contribution in [0, 0.1) is 5.82 Å². The highest BCUT2D eigenvalue weighted by Crippen LogP contribution is 2.09. The first-order chi connectivity index (χ1) is 10.1. The lowest BCUT2D eigenvalue weighted by Crippen LogP contribution is -2.18. The summed E-state index contributed by atoms with van der Waals surface area (Å²) < 4.78 is 15.2. The number of halogens is 1. The van der Waals surface area contributed by atoms with Gasteiger partial charge in [-0.2, -0.15) is 5.10 Å². The van der Waals surface area contributed by atoms with Crippen molar-refractivity contribution < 1.29 is 9.60 Å². The quantitative estimate of drug-likeness (QED) is 0.243. The van der Waals surface area contributed by atoms with Crippen molar-refractivity contribution in [1.82, 2.24) is 15.1 Å². The molecule has 0 spiro atoms. The summed E-state index contributed by atoms with van der Waals surface area (Å²) in [5.74, 6) is -0.523. The minimum Gasteiger partial charge on any atom is -0.409 e. The van der Waals surface area contributed by atoms with E-state index in [0.29, 0.717) is 12.1 Å². The molecule has 0 atom stereocenters. The second kappa shape index (κ2) is 6.85. The van der Waals surface area contributed by atoms with Gasteiger partial charge in [-0.3, -0.25) is 4.68 Å². The highest BCUT2D eigenvalue weighted by Gasteiger charge is 2.05. The third-order valence-corrected chi connectivity index (χ3v) is 3.02. The number of hydrogen-bond acceptors (Lipinski definition) is 4. The first-order valence-corrected chi connectivity index (χ1v) is 6.55. The maximum absolute atomic E-state index is 13.5. The van der Waals surface area contributed by atoms with Gasteiger partial charge in [0.15, 0.2) is 5.84 Å². The number of nitrogens with two attached hydrogens (primary N) is 1. The number of rotatable bonds is 6. The average molecular weight is 291 g/mol. The number of benzene rings is 1. The van der Waals surface area contributed by atoms with Crippen molar-refractivity contribution in [2.45, 2.75) is 13.0 Å². The Kier molecular flexibility index (Phi) is 4.89. The molecule has 0 aliphatic rings. The van der Waals surface area contributed by atoms with E-state index in [4.69, 9.17) is 10.9 Å². The molecule has 7 heteroatoms. The number of oxime groups is 1. The third kappa shape index (κ3) is 4.28. The first kappa shape index (κ1) is 15.0. The number of nitrogens with one attached hydrogen (secondary N) is 1. The van der Waals surface area contributed by atoms with Gasteiger partial charge >= 0.3 is 0 Å². The van der Waals surface area contributed by atoms with Gasteiger partial charge in [0.2, 0.25) is 0 Å². The van der Waals surface area contributed by atoms with E-state index in [9.17, 15) is 4.39 Å². The van der Waals surface area contributed by atoms with E-state index in [1.165, 1.54) is 12.1 Å². The normalized spacial score (nSPS) is 11.8. The van der Waals surface area contributed by atoms with Crippen molar-refractivity contribution in [3.05, 3.63) is 53.1 Å². The maximum Gasteiger partial charge on any atom is 0.170 e. The zero-order valence-electron chi connectivity index (χ0n) is 11.8. The van der Waals surface area contributed by atoms with Crippen LogP contribution in [0.2, 0.25) is 0 Å². The summed E-state index contributed by atoms with van der Waals surface area (Å²) >= 11 is 0. The minimum atomic E-state index is -0.416. The fourth-order valence-corrected chi connectivity index (χ4v) is 2.00. The van der Waals surface area contributed by atoms with Crippen molar-refractivity contribution in [3.63, 3.8) is 0 Å². The summed E-state index contributed by atoms with van der Waals surface area (Å²) in [7, 11) is 1.87. The van der Waals surface area contributed by atoms with E-state index in [1.54, 1.807) is 10.7 Å². The molecule has 0 fully saturated rings. The van der Waals surface area contributed by atoms with Crippen LogP contribution >= 0.6 is 0 Å². The van der Waals surface area contributed by atoms with Crippen LogP contribution in [-0.4, -0.2) is 27.4 Å². The van der Waals surface area contributed by atoms with E-state index in [-0.39, 0.29) is 5.84 Å². The largest absolute Gasteiger partial charge is 0.409 e. The molecular weight excluding hydrogens is 273 g/mol. The molecule has 112 valence electrons. The second-order valence-electron chi connectivity index (χ2n) is 4.74. The van der Waals surface area contributed by atoms with Crippen LogP contribution in [0.15, 0.2) is 35.6 Å². The number of aromatic nitrogens is 2. The Morgan fingerprint density at radius 1 is 1.48 bits per heavy atom. The molecule has 0 saturated carbocycles. The summed E-state index contributed by atoms with van der Waals surface area (Å²) in [5.41, 5.74) is 7.56. The summed E-state index contributed by atoms with van der Waals surface area (Å²) in [5, 5.41) is 19.0. The van der Waals surface area contributed by atoms with Gasteiger partial charge in [0.25, 0.3) is 0 Å². The lowest BCUT2D eigenvalue weighted by Gasteiger charge is -2.07. The van der Waals surface area contributed by atoms with Crippen molar-refractivity contribution in [2.24, 2.45) is 17.9 Å². The van der Waals surface area contributed by atoms with Crippen LogP contribution in [0.25, 0.3) is 0 Å². The lowest BCUT2D eigenvalue weighted by atomic mass is 10.1. The van der Waals surface area contributed by atoms with Gasteiger partial charge in [0.05, 0.1) is 5.69 Å². The first-order valence-electron chi connectivity index (χ1n) is 6.55. The highest BCUT2D eigenvalue weighted by molar-refractivity contribution is 5.97. The number of hydrogen-bond donors (Lipinski definition) is 3. The average Bonchev–Trinajstić information content (AvgIpc) is 2.88. The Labute approximate surface area is 122 Å². The Morgan fingerprint density at radius 3 is 2.95 bits per heavy atom. The molecule has 0 radical (unpaired) electrons. The van der Waals surface area contributed by atoms with Crippen LogP contribution in [0.1, 0.15) is 16.8 Å². The Morgan fingerprint density at radius 2 is 2.29 bits per heavy atom. The Bertz CT molecular complexity index is 638. The van der Waals surface area contributed by atoms with E-state index in [1.807, 2.05) is 19.3 Å². The molecule has 0 unspecified atom stereocenters. The van der Waals surface area contributed by atoms with Gasteiger partial charge < -0.3 is 16.3 Å². The van der Waals surface area contributed by atoms with Gasteiger partial charge in [0, 0.05) is 38.3 Å². The zero-order valence-corrected chi connectivity index (χ0v) is 11.8. The molecule has 2 aromatic rings. The molecule has 0 bridgehead atoms. The van der Waals surface area contributed by atoms with Crippen molar-refractivity contribution in [3.8, 4) is 0 Å². The molecule has 1 aromatic carbocycles. The number of aryl methyl sites for hydroxylation is 1. The predicted octanol–water partition coefficient (Wildman–Crippen LogP) is 0.986. The molecule has 0 saturated heterocycles. The molecular formula is C14H18FN5O. The summed E-state index contributed by atoms with van der Waals surface area (Å²) in [6.07, 6.45) is 2.69. The van der Waals surface area contributed by atoms with Crippen molar-refractivity contribution in [1.29, 1.82) is 0 Å². The van der Waals surface area contributed by atoms with Gasteiger partial charge in [-0.15, -0.1) is 0 Å². The second-order valence-corrected chi connectivity index (χ2v) is 4.74. The van der Waals surface area contributed by atoms with Crippen LogP contribution in [0.5, 0.6) is 0 Å². The van der Waals surface area contributed by atoms with E-state index in [2.05, 4.69) is 15.6 Å². The summed E-state index contributed by atoms with van der Waals surface area (Å²) in [6, 6.07) is 6.29. The van der Waals surface area contributed by atoms with Crippen LogP contribution in [0.4, 0.5) is 4.39 Å². The molecule has 4 N–H and O–H groups in total. The Hall–Kier alpha value is -2.41. The smallest absolute Gasteiger partial charge is 0.170 e. The predicted molar refractivity (Wildman–Crippen MR) is 77.5 cm³/mol. The molecule has 0 aliphatic carbocycles. The fraction of sp³-hybridized carbons (Fsp3) is 0.286. The molecule has 1 heterocycles. The maximum atomic E-state index is 13.5. The Balaban J connectivity index is 1.89. The SMILES string of the molecule is Cn1ccc(CCNCc2cc(F)cc(/C(N)=N/O)c2)n1. The van der Waals surface area contributed by atoms with Crippen LogP contribution in [0.3, 0.4) is 0 Å². The molecule has 1 aromatic heterocycles. The van der Waals surface area contributed by atoms with E-state index in [0.717, 1.165) is 24.2 Å². The topological polar surface area (TPSA) is 88.5 Å². The summed E-state index contributed by atoms with van der Waals surface area (Å²) in [4.78, 5) is 0. The van der Waals surface area contributed by atoms with Gasteiger partial charge in [-0.1, -0.05) is 5.16 Å². The minimum absolute atomic E-state index is 0.107. The standard InChI is InChI=1S/C14H18FN5O/c1-20-5-3-13(18-20)2-4-17-9-10-6-11(14(16)19-21)8-12(15)7-10/h3,5-8,17,21H,2,4,9H2,1H3,(H2,16,19). The van der Waals surface area contributed by atoms with Crippen LogP contribution in [-0.2, 0) is 20.0 Å². The molecule has 0 amide bonds. The third-order valence-electron chi connectivity index (χ3n) is 3.02. The van der Waals surface area contributed by atoms with Gasteiger partial charge in [-0.25, -0.2) is 4.39 Å². The fourth-order valence-electron chi connectivity index (χ4n) is 2.00. The van der Waals surface area contributed by atoms with Gasteiger partial charge in [0.1, 0.15) is 5.82 Å². The molecule has 2 rings (SSSR count). The van der Waals surface area contributed by atoms with Crippen molar-refractivity contribution >= 4 is 5.84 Å². The van der Waals surface area contributed by atoms with Crippen molar-refractivity contribution in [2.75, 3.05) is 6.54 Å². The molecule has 0 aliphatic heterocycles. The lowest BCUT2D eigenvalue weighted by molar-refractivity contribution is 0.318. The van der Waals surface area contributed by atoms with E-state index >= 15 is 0 Å². The number of amidine groups is 1. The van der Waals surface area contributed by atoms with E-state index < -0.39 is 5.82 Å². The zero-order chi connectivity index (χ0) is 15.2. The monoisotopic (exact) mass is 291 g/mol. The number of nitrogens with zero attached hydrogens (tertiary/aromatic N) is 3. The van der Waals surface area contributed by atoms with Gasteiger partial charge in [-0.05, 0) is 29.8 Å². The molecule has 21 heavy (non-hydrogen) atoms. The summed E-state index contributed by atoms with van der Waals surface area (Å²) in [6.45, 7) is 1.22.